The van der Waals surface area contributed by atoms with Crippen LogP contribution < -0.4 is 10.1 Å². The number of benzene rings is 1. The molecular weight excluding hydrogens is 472 g/mol. The van der Waals surface area contributed by atoms with E-state index in [4.69, 9.17) is 4.74 Å². The first-order chi connectivity index (χ1) is 17.5. The van der Waals surface area contributed by atoms with Crippen LogP contribution in [0, 0.1) is 6.92 Å². The van der Waals surface area contributed by atoms with E-state index >= 15 is 0 Å². The van der Waals surface area contributed by atoms with Crippen molar-refractivity contribution in [3.63, 3.8) is 0 Å². The van der Waals surface area contributed by atoms with Crippen LogP contribution in [0.3, 0.4) is 0 Å². The molecule has 0 atom stereocenters. The van der Waals surface area contributed by atoms with Gasteiger partial charge in [-0.15, -0.1) is 11.3 Å². The van der Waals surface area contributed by atoms with E-state index in [1.54, 1.807) is 36.0 Å². The number of aromatic nitrogens is 5. The predicted molar refractivity (Wildman–Crippen MR) is 142 cm³/mol. The Hall–Kier alpha value is -4.50. The van der Waals surface area contributed by atoms with Crippen LogP contribution in [0.4, 0.5) is 5.82 Å². The molecule has 1 N–H and O–H groups in total. The first kappa shape index (κ1) is 22.0. The maximum absolute atomic E-state index is 13.1. The summed E-state index contributed by atoms with van der Waals surface area (Å²) >= 11 is 1.60. The third-order valence-electron chi connectivity index (χ3n) is 6.24. The third-order valence-corrected chi connectivity index (χ3v) is 7.38. The molecule has 6 aromatic rings. The lowest BCUT2D eigenvalue weighted by molar-refractivity contribution is 0.102. The smallest absolute Gasteiger partial charge is 0.259 e. The standard InChI is InChI=1S/C27H22N6O2S/c1-16-24(27(34)31-23-6-4-5-10-29-23)18-8-7-17(14-20(18)33(16)3)35-21-9-11-28-19-15-22(36-25(19)21)26-30-12-13-32(26)2/h4-15H,1-3H3,(H,29,31,34). The van der Waals surface area contributed by atoms with Crippen LogP contribution in [0.25, 0.3) is 31.8 Å². The summed E-state index contributed by atoms with van der Waals surface area (Å²) in [5.41, 5.74) is 3.25. The van der Waals surface area contributed by atoms with Gasteiger partial charge in [-0.3, -0.25) is 9.78 Å². The van der Waals surface area contributed by atoms with E-state index in [1.165, 1.54) is 0 Å². The highest BCUT2D eigenvalue weighted by Gasteiger charge is 2.20. The SMILES string of the molecule is Cc1c(C(=O)Nc2ccccn2)c2ccc(Oc3ccnc4cc(-c5nccn5C)sc34)cc2n1C. The minimum atomic E-state index is -0.193. The van der Waals surface area contributed by atoms with Gasteiger partial charge >= 0.3 is 0 Å². The van der Waals surface area contributed by atoms with Crippen molar-refractivity contribution >= 4 is 44.2 Å². The van der Waals surface area contributed by atoms with Gasteiger partial charge in [-0.2, -0.15) is 0 Å². The number of nitrogens with zero attached hydrogens (tertiary/aromatic N) is 5. The Labute approximate surface area is 210 Å². The molecule has 0 aliphatic rings. The molecule has 0 aliphatic heterocycles. The van der Waals surface area contributed by atoms with Crippen molar-refractivity contribution in [1.82, 2.24) is 24.1 Å². The van der Waals surface area contributed by atoms with E-state index in [1.807, 2.05) is 78.8 Å². The molecule has 36 heavy (non-hydrogen) atoms. The van der Waals surface area contributed by atoms with Crippen molar-refractivity contribution in [2.24, 2.45) is 14.1 Å². The zero-order valence-corrected chi connectivity index (χ0v) is 20.7. The molecule has 1 aromatic carbocycles. The van der Waals surface area contributed by atoms with Gasteiger partial charge in [0.25, 0.3) is 5.91 Å². The highest BCUT2D eigenvalue weighted by Crippen LogP contribution is 2.39. The number of nitrogens with one attached hydrogen (secondary N) is 1. The number of pyridine rings is 2. The quantitative estimate of drug-likeness (QED) is 0.321. The number of anilines is 1. The van der Waals surface area contributed by atoms with Crippen LogP contribution in [0.5, 0.6) is 11.5 Å². The second-order valence-electron chi connectivity index (χ2n) is 8.47. The fourth-order valence-electron chi connectivity index (χ4n) is 4.34. The number of amides is 1. The Kier molecular flexibility index (Phi) is 5.26. The number of thiophene rings is 1. The fourth-order valence-corrected chi connectivity index (χ4v) is 5.45. The number of hydrogen-bond donors (Lipinski definition) is 1. The van der Waals surface area contributed by atoms with Crippen LogP contribution in [-0.4, -0.2) is 30.0 Å². The Bertz CT molecular complexity index is 1750. The van der Waals surface area contributed by atoms with Gasteiger partial charge < -0.3 is 19.2 Å². The minimum Gasteiger partial charge on any atom is -0.456 e. The predicted octanol–water partition coefficient (Wildman–Crippen LogP) is 5.94. The van der Waals surface area contributed by atoms with E-state index in [0.29, 0.717) is 17.1 Å². The molecule has 5 aromatic heterocycles. The minimum absolute atomic E-state index is 0.193. The second kappa shape index (κ2) is 8.62. The van der Waals surface area contributed by atoms with E-state index in [-0.39, 0.29) is 5.91 Å². The average Bonchev–Trinajstić information content (AvgIpc) is 3.57. The number of hydrogen-bond acceptors (Lipinski definition) is 6. The van der Waals surface area contributed by atoms with Gasteiger partial charge in [0.05, 0.1) is 26.2 Å². The third kappa shape index (κ3) is 3.70. The Morgan fingerprint density at radius 2 is 1.89 bits per heavy atom. The molecular formula is C27H22N6O2S. The molecule has 6 rings (SSSR count). The van der Waals surface area contributed by atoms with Gasteiger partial charge in [-0.25, -0.2) is 9.97 Å². The number of rotatable bonds is 5. The molecule has 0 aliphatic carbocycles. The van der Waals surface area contributed by atoms with Crippen LogP contribution in [0.2, 0.25) is 0 Å². The van der Waals surface area contributed by atoms with Crippen LogP contribution in [0.15, 0.2) is 73.3 Å². The van der Waals surface area contributed by atoms with Crippen molar-refractivity contribution in [2.75, 3.05) is 5.32 Å². The summed E-state index contributed by atoms with van der Waals surface area (Å²) < 4.78 is 11.3. The molecule has 0 radical (unpaired) electrons. The van der Waals surface area contributed by atoms with E-state index < -0.39 is 0 Å². The van der Waals surface area contributed by atoms with Crippen molar-refractivity contribution < 1.29 is 9.53 Å². The Morgan fingerprint density at radius 1 is 1.00 bits per heavy atom. The number of ether oxygens (including phenoxy) is 1. The maximum atomic E-state index is 13.1. The van der Waals surface area contributed by atoms with Crippen molar-refractivity contribution in [3.05, 3.63) is 84.6 Å². The molecule has 0 spiro atoms. The maximum Gasteiger partial charge on any atom is 0.259 e. The highest BCUT2D eigenvalue weighted by molar-refractivity contribution is 7.22. The van der Waals surface area contributed by atoms with Gasteiger partial charge in [-0.1, -0.05) is 6.07 Å². The number of fused-ring (bicyclic) bond motifs is 2. The largest absolute Gasteiger partial charge is 0.456 e. The van der Waals surface area contributed by atoms with E-state index in [2.05, 4.69) is 20.3 Å². The van der Waals surface area contributed by atoms with Crippen molar-refractivity contribution in [2.45, 2.75) is 6.92 Å². The Morgan fingerprint density at radius 3 is 2.67 bits per heavy atom. The average molecular weight is 495 g/mol. The monoisotopic (exact) mass is 494 g/mol. The number of carbonyl (C=O) groups is 1. The molecule has 0 saturated carbocycles. The summed E-state index contributed by atoms with van der Waals surface area (Å²) in [6, 6.07) is 15.1. The van der Waals surface area contributed by atoms with Crippen molar-refractivity contribution in [3.8, 4) is 22.2 Å². The number of carbonyl (C=O) groups excluding carboxylic acids is 1. The van der Waals surface area contributed by atoms with Gasteiger partial charge in [0.1, 0.15) is 23.1 Å². The normalized spacial score (nSPS) is 11.3. The zero-order valence-electron chi connectivity index (χ0n) is 19.9. The molecule has 178 valence electrons. The molecule has 9 heteroatoms. The highest BCUT2D eigenvalue weighted by atomic mass is 32.1. The lowest BCUT2D eigenvalue weighted by atomic mass is 10.1. The lowest BCUT2D eigenvalue weighted by Crippen LogP contribution is -2.14. The molecule has 1 amide bonds. The van der Waals surface area contributed by atoms with Gasteiger partial charge in [0.2, 0.25) is 0 Å². The second-order valence-corrected chi connectivity index (χ2v) is 9.52. The molecule has 0 unspecified atom stereocenters. The van der Waals surface area contributed by atoms with Crippen LogP contribution in [0.1, 0.15) is 16.1 Å². The molecule has 0 fully saturated rings. The zero-order chi connectivity index (χ0) is 24.8. The number of imidazole rings is 1. The Balaban J connectivity index is 1.35. The molecule has 8 nitrogen and oxygen atoms in total. The molecule has 5 heterocycles. The summed E-state index contributed by atoms with van der Waals surface area (Å²) in [7, 11) is 3.92. The topological polar surface area (TPSA) is 86.9 Å². The van der Waals surface area contributed by atoms with Gasteiger partial charge in [0.15, 0.2) is 0 Å². The van der Waals surface area contributed by atoms with Crippen LogP contribution >= 0.6 is 11.3 Å². The summed E-state index contributed by atoms with van der Waals surface area (Å²) in [6.07, 6.45) is 7.11. The van der Waals surface area contributed by atoms with Crippen LogP contribution in [-0.2, 0) is 14.1 Å². The summed E-state index contributed by atoms with van der Waals surface area (Å²) in [5, 5.41) is 3.74. The number of aryl methyl sites for hydroxylation is 2. The van der Waals surface area contributed by atoms with Crippen molar-refractivity contribution in [1.29, 1.82) is 0 Å². The summed E-state index contributed by atoms with van der Waals surface area (Å²) in [6.45, 7) is 1.94. The molecule has 0 bridgehead atoms. The fraction of sp³-hybridized carbons (Fsp3) is 0.111. The van der Waals surface area contributed by atoms with Gasteiger partial charge in [-0.05, 0) is 37.3 Å². The lowest BCUT2D eigenvalue weighted by Gasteiger charge is -2.08. The summed E-state index contributed by atoms with van der Waals surface area (Å²) in [5.74, 6) is 2.62. The first-order valence-corrected chi connectivity index (χ1v) is 12.2. The molecule has 0 saturated heterocycles. The van der Waals surface area contributed by atoms with E-state index in [0.717, 1.165) is 43.3 Å². The van der Waals surface area contributed by atoms with Gasteiger partial charge in [0, 0.05) is 62.1 Å². The first-order valence-electron chi connectivity index (χ1n) is 11.3. The van der Waals surface area contributed by atoms with E-state index in [9.17, 15) is 4.79 Å². The summed E-state index contributed by atoms with van der Waals surface area (Å²) in [4.78, 5) is 27.3.